The Morgan fingerprint density at radius 1 is 0.833 bits per heavy atom. The molecule has 104 valence electrons. The maximum absolute atomic E-state index is 11.0. The van der Waals surface area contributed by atoms with Crippen LogP contribution in [0.5, 0.6) is 0 Å². The Kier molecular flexibility index (Phi) is 7.32. The second kappa shape index (κ2) is 7.90. The summed E-state index contributed by atoms with van der Waals surface area (Å²) in [6, 6.07) is 0. The molecule has 0 bridgehead atoms. The molecular formula is C14H24O4. The number of carboxylic acids is 2. The summed E-state index contributed by atoms with van der Waals surface area (Å²) < 4.78 is 0. The van der Waals surface area contributed by atoms with Crippen LogP contribution in [0.25, 0.3) is 0 Å². The average molecular weight is 256 g/mol. The summed E-state index contributed by atoms with van der Waals surface area (Å²) in [5, 5.41) is 18.0. The topological polar surface area (TPSA) is 74.6 Å². The highest BCUT2D eigenvalue weighted by molar-refractivity contribution is 5.71. The Morgan fingerprint density at radius 2 is 1.11 bits per heavy atom. The molecular weight excluding hydrogens is 232 g/mol. The lowest BCUT2D eigenvalue weighted by atomic mass is 9.90. The summed E-state index contributed by atoms with van der Waals surface area (Å²) >= 11 is 0. The molecule has 0 rings (SSSR count). The van der Waals surface area contributed by atoms with E-state index in [1.807, 2.05) is 27.7 Å². The van der Waals surface area contributed by atoms with Crippen LogP contribution in [0.1, 0.15) is 40.5 Å². The van der Waals surface area contributed by atoms with Crippen molar-refractivity contribution in [2.75, 3.05) is 0 Å². The summed E-state index contributed by atoms with van der Waals surface area (Å²) in [6.45, 7) is 7.50. The molecule has 0 aromatic carbocycles. The fourth-order valence-electron chi connectivity index (χ4n) is 1.80. The molecule has 4 nitrogen and oxygen atoms in total. The lowest BCUT2D eigenvalue weighted by Crippen LogP contribution is -2.19. The Hall–Kier alpha value is -1.32. The van der Waals surface area contributed by atoms with Crippen molar-refractivity contribution in [3.63, 3.8) is 0 Å². The van der Waals surface area contributed by atoms with Crippen LogP contribution >= 0.6 is 0 Å². The fourth-order valence-corrected chi connectivity index (χ4v) is 1.80. The van der Waals surface area contributed by atoms with Gasteiger partial charge in [0.05, 0.1) is 11.8 Å². The van der Waals surface area contributed by atoms with Gasteiger partial charge in [0.25, 0.3) is 0 Å². The second-order valence-electron chi connectivity index (χ2n) is 5.32. The zero-order valence-corrected chi connectivity index (χ0v) is 11.6. The van der Waals surface area contributed by atoms with E-state index in [0.29, 0.717) is 12.8 Å². The van der Waals surface area contributed by atoms with Gasteiger partial charge in [-0.1, -0.05) is 39.8 Å². The molecule has 2 N–H and O–H groups in total. The van der Waals surface area contributed by atoms with Crippen LogP contribution in [-0.2, 0) is 9.59 Å². The van der Waals surface area contributed by atoms with Crippen molar-refractivity contribution in [2.45, 2.75) is 40.5 Å². The second-order valence-corrected chi connectivity index (χ2v) is 5.32. The first-order valence-corrected chi connectivity index (χ1v) is 6.38. The normalized spacial score (nSPS) is 15.2. The van der Waals surface area contributed by atoms with Gasteiger partial charge in [0.15, 0.2) is 0 Å². The summed E-state index contributed by atoms with van der Waals surface area (Å²) in [6.07, 6.45) is 4.49. The smallest absolute Gasteiger partial charge is 0.307 e. The molecule has 0 fully saturated rings. The number of allylic oxidation sites excluding steroid dienone is 2. The first-order valence-electron chi connectivity index (χ1n) is 6.38. The van der Waals surface area contributed by atoms with Crippen LogP contribution in [0.2, 0.25) is 0 Å². The predicted molar refractivity (Wildman–Crippen MR) is 70.3 cm³/mol. The lowest BCUT2D eigenvalue weighted by Gasteiger charge is -2.15. The SMILES string of the molecule is CC(C)[C@H](CC=CC[C@H](C(=O)O)C(C)C)C(=O)O. The number of rotatable bonds is 8. The van der Waals surface area contributed by atoms with Gasteiger partial charge < -0.3 is 10.2 Å². The van der Waals surface area contributed by atoms with E-state index in [2.05, 4.69) is 0 Å². The van der Waals surface area contributed by atoms with Crippen molar-refractivity contribution in [3.8, 4) is 0 Å². The minimum Gasteiger partial charge on any atom is -0.481 e. The molecule has 0 radical (unpaired) electrons. The third kappa shape index (κ3) is 5.84. The van der Waals surface area contributed by atoms with Crippen molar-refractivity contribution in [1.82, 2.24) is 0 Å². The first-order chi connectivity index (χ1) is 8.27. The third-order valence-corrected chi connectivity index (χ3v) is 3.19. The van der Waals surface area contributed by atoms with Crippen LogP contribution in [0.3, 0.4) is 0 Å². The highest BCUT2D eigenvalue weighted by atomic mass is 16.4. The number of hydrogen-bond acceptors (Lipinski definition) is 2. The monoisotopic (exact) mass is 256 g/mol. The largest absolute Gasteiger partial charge is 0.481 e. The van der Waals surface area contributed by atoms with Crippen LogP contribution in [0.15, 0.2) is 12.2 Å². The van der Waals surface area contributed by atoms with Crippen LogP contribution in [0, 0.1) is 23.7 Å². The van der Waals surface area contributed by atoms with Crippen LogP contribution in [0.4, 0.5) is 0 Å². The molecule has 0 aromatic rings. The van der Waals surface area contributed by atoms with E-state index in [1.54, 1.807) is 12.2 Å². The summed E-state index contributed by atoms with van der Waals surface area (Å²) in [4.78, 5) is 21.9. The number of aliphatic carboxylic acids is 2. The van der Waals surface area contributed by atoms with Crippen molar-refractivity contribution in [3.05, 3.63) is 12.2 Å². The minimum absolute atomic E-state index is 0.0764. The molecule has 0 unspecified atom stereocenters. The van der Waals surface area contributed by atoms with Gasteiger partial charge in [-0.3, -0.25) is 9.59 Å². The lowest BCUT2D eigenvalue weighted by molar-refractivity contribution is -0.144. The van der Waals surface area contributed by atoms with E-state index in [0.717, 1.165) is 0 Å². The molecule has 0 saturated carbocycles. The maximum Gasteiger partial charge on any atom is 0.307 e. The molecule has 0 saturated heterocycles. The van der Waals surface area contributed by atoms with E-state index in [1.165, 1.54) is 0 Å². The zero-order valence-electron chi connectivity index (χ0n) is 11.6. The van der Waals surface area contributed by atoms with Crippen LogP contribution < -0.4 is 0 Å². The summed E-state index contributed by atoms with van der Waals surface area (Å²) in [7, 11) is 0. The molecule has 4 heteroatoms. The average Bonchev–Trinajstić information content (AvgIpc) is 2.20. The zero-order chi connectivity index (χ0) is 14.3. The van der Waals surface area contributed by atoms with E-state index in [-0.39, 0.29) is 11.8 Å². The van der Waals surface area contributed by atoms with Gasteiger partial charge in [0, 0.05) is 0 Å². The van der Waals surface area contributed by atoms with Gasteiger partial charge in [-0.05, 0) is 24.7 Å². The van der Waals surface area contributed by atoms with Crippen molar-refractivity contribution in [1.29, 1.82) is 0 Å². The molecule has 0 heterocycles. The van der Waals surface area contributed by atoms with E-state index in [4.69, 9.17) is 10.2 Å². The van der Waals surface area contributed by atoms with E-state index >= 15 is 0 Å². The quantitative estimate of drug-likeness (QED) is 0.654. The Bertz CT molecular complexity index is 275. The van der Waals surface area contributed by atoms with Crippen molar-refractivity contribution in [2.24, 2.45) is 23.7 Å². The highest BCUT2D eigenvalue weighted by Crippen LogP contribution is 2.19. The predicted octanol–water partition coefficient (Wildman–Crippen LogP) is 3.04. The molecule has 2 atom stereocenters. The summed E-state index contributed by atoms with van der Waals surface area (Å²) in [5.74, 6) is -2.24. The van der Waals surface area contributed by atoms with Gasteiger partial charge in [-0.2, -0.15) is 0 Å². The maximum atomic E-state index is 11.0. The molecule has 0 aliphatic rings. The minimum atomic E-state index is -0.798. The Labute approximate surface area is 109 Å². The van der Waals surface area contributed by atoms with Gasteiger partial charge in [-0.25, -0.2) is 0 Å². The standard InChI is InChI=1S/C14H24O4/c1-9(2)11(13(15)16)7-5-6-8-12(10(3)4)14(17)18/h5-6,9-12H,7-8H2,1-4H3,(H,15,16)(H,17,18)/t11-,12-/m0/s1. The summed E-state index contributed by atoms with van der Waals surface area (Å²) in [5.41, 5.74) is 0. The number of carbonyl (C=O) groups is 2. The molecule has 0 amide bonds. The highest BCUT2D eigenvalue weighted by Gasteiger charge is 2.21. The molecule has 18 heavy (non-hydrogen) atoms. The number of hydrogen-bond donors (Lipinski definition) is 2. The fraction of sp³-hybridized carbons (Fsp3) is 0.714. The van der Waals surface area contributed by atoms with E-state index < -0.39 is 23.8 Å². The Balaban J connectivity index is 4.32. The third-order valence-electron chi connectivity index (χ3n) is 3.19. The first kappa shape index (κ1) is 16.7. The Morgan fingerprint density at radius 3 is 1.28 bits per heavy atom. The van der Waals surface area contributed by atoms with Gasteiger partial charge in [-0.15, -0.1) is 0 Å². The van der Waals surface area contributed by atoms with E-state index in [9.17, 15) is 9.59 Å². The van der Waals surface area contributed by atoms with Gasteiger partial charge in [0.2, 0.25) is 0 Å². The number of carboxylic acid groups (broad SMARTS) is 2. The van der Waals surface area contributed by atoms with Crippen molar-refractivity contribution < 1.29 is 19.8 Å². The molecule has 0 aliphatic carbocycles. The van der Waals surface area contributed by atoms with Gasteiger partial charge in [0.1, 0.15) is 0 Å². The molecule has 0 aliphatic heterocycles. The molecule has 0 spiro atoms. The van der Waals surface area contributed by atoms with Gasteiger partial charge >= 0.3 is 11.9 Å². The van der Waals surface area contributed by atoms with Crippen LogP contribution in [-0.4, -0.2) is 22.2 Å². The molecule has 0 aromatic heterocycles. The van der Waals surface area contributed by atoms with Crippen molar-refractivity contribution >= 4 is 11.9 Å².